The van der Waals surface area contributed by atoms with E-state index >= 15 is 0 Å². The molecule has 0 aliphatic heterocycles. The van der Waals surface area contributed by atoms with Crippen molar-refractivity contribution in [2.45, 2.75) is 58.5 Å². The first-order valence-electron chi connectivity index (χ1n) is 10.0. The van der Waals surface area contributed by atoms with Gasteiger partial charge in [0.05, 0.1) is 6.10 Å². The van der Waals surface area contributed by atoms with Crippen molar-refractivity contribution in [1.82, 2.24) is 0 Å². The largest absolute Gasteiger partial charge is 0.393 e. The predicted octanol–water partition coefficient (Wildman–Crippen LogP) is 3.92. The zero-order chi connectivity index (χ0) is 17.8. The van der Waals surface area contributed by atoms with E-state index in [-0.39, 0.29) is 22.7 Å². The van der Waals surface area contributed by atoms with Gasteiger partial charge in [-0.15, -0.1) is 0 Å². The van der Waals surface area contributed by atoms with Crippen molar-refractivity contribution in [3.63, 3.8) is 0 Å². The van der Waals surface area contributed by atoms with Crippen molar-refractivity contribution >= 4 is 5.78 Å². The van der Waals surface area contributed by atoms with Crippen LogP contribution in [0.15, 0.2) is 23.8 Å². The molecule has 0 aromatic rings. The van der Waals surface area contributed by atoms with Crippen LogP contribution in [-0.4, -0.2) is 30.7 Å². The van der Waals surface area contributed by atoms with Crippen LogP contribution in [0.25, 0.3) is 0 Å². The van der Waals surface area contributed by atoms with Gasteiger partial charge in [-0.3, -0.25) is 4.79 Å². The normalized spacial score (nSPS) is 48.6. The van der Waals surface area contributed by atoms with Gasteiger partial charge in [-0.1, -0.05) is 25.5 Å². The number of rotatable bonds is 3. The topological polar surface area (TPSA) is 46.5 Å². The number of allylic oxidation sites excluding steroid dienone is 4. The maximum absolute atomic E-state index is 12.1. The molecule has 3 heteroatoms. The molecule has 138 valence electrons. The van der Waals surface area contributed by atoms with E-state index < -0.39 is 0 Å². The van der Waals surface area contributed by atoms with Crippen LogP contribution < -0.4 is 0 Å². The molecule has 0 unspecified atom stereocenters. The van der Waals surface area contributed by atoms with Crippen molar-refractivity contribution in [2.24, 2.45) is 34.5 Å². The molecular formula is C22H32O3. The van der Waals surface area contributed by atoms with Crippen LogP contribution in [0.1, 0.15) is 52.4 Å². The molecule has 0 amide bonds. The van der Waals surface area contributed by atoms with E-state index in [0.717, 1.165) is 45.1 Å². The van der Waals surface area contributed by atoms with Gasteiger partial charge < -0.3 is 9.84 Å². The Kier molecular flexibility index (Phi) is 4.24. The number of hydrogen-bond donors (Lipinski definition) is 1. The molecule has 7 atom stereocenters. The molecule has 3 fully saturated rings. The molecule has 4 aliphatic rings. The summed E-state index contributed by atoms with van der Waals surface area (Å²) in [5.41, 5.74) is 1.45. The second-order valence-corrected chi connectivity index (χ2v) is 9.35. The lowest BCUT2D eigenvalue weighted by atomic mass is 9.46. The third-order valence-corrected chi connectivity index (χ3v) is 8.34. The predicted molar refractivity (Wildman–Crippen MR) is 98.0 cm³/mol. The smallest absolute Gasteiger partial charge is 0.178 e. The maximum atomic E-state index is 12.1. The van der Waals surface area contributed by atoms with E-state index in [1.54, 1.807) is 13.2 Å². The summed E-state index contributed by atoms with van der Waals surface area (Å²) < 4.78 is 5.37. The SMILES string of the molecule is COCC[C@@H]1C[C@H]2[C@@H]3CC[C@H](O)[C@@]3(C)CC[C@@H]2[C@@]2(C)C=CC(=O)C=C12. The molecule has 4 rings (SSSR count). The standard InChI is InChI=1S/C22H32O3/c1-21-9-6-15(23)13-19(21)14(8-11-25-3)12-16-17-4-5-20(24)22(17,2)10-7-18(16)21/h6,9,13-14,16-18,20,24H,4-5,7-8,10-12H2,1-3H3/t14-,16+,17+,18+,20+,21-,22+/m1/s1. The van der Waals surface area contributed by atoms with Gasteiger partial charge in [0, 0.05) is 19.1 Å². The number of aliphatic hydroxyl groups is 1. The average Bonchev–Trinajstić information content (AvgIpc) is 2.89. The highest BCUT2D eigenvalue weighted by atomic mass is 16.5. The Labute approximate surface area is 151 Å². The van der Waals surface area contributed by atoms with E-state index in [2.05, 4.69) is 19.9 Å². The summed E-state index contributed by atoms with van der Waals surface area (Å²) >= 11 is 0. The minimum atomic E-state index is -0.135. The Hall–Kier alpha value is -0.930. The lowest BCUT2D eigenvalue weighted by Crippen LogP contribution is -2.52. The summed E-state index contributed by atoms with van der Waals surface area (Å²) in [5.74, 6) is 2.45. The number of methoxy groups -OCH3 is 1. The first kappa shape index (κ1) is 17.5. The number of carbonyl (C=O) groups is 1. The quantitative estimate of drug-likeness (QED) is 0.844. The molecular weight excluding hydrogens is 312 g/mol. The number of ether oxygens (including phenoxy) is 1. The zero-order valence-corrected chi connectivity index (χ0v) is 15.8. The lowest BCUT2D eigenvalue weighted by Gasteiger charge is -2.58. The van der Waals surface area contributed by atoms with Crippen molar-refractivity contribution in [1.29, 1.82) is 0 Å². The summed E-state index contributed by atoms with van der Waals surface area (Å²) in [7, 11) is 1.76. The maximum Gasteiger partial charge on any atom is 0.178 e. The van der Waals surface area contributed by atoms with Crippen LogP contribution in [0.3, 0.4) is 0 Å². The zero-order valence-electron chi connectivity index (χ0n) is 15.8. The minimum absolute atomic E-state index is 0.00407. The molecule has 3 nitrogen and oxygen atoms in total. The molecule has 0 aromatic heterocycles. The highest BCUT2D eigenvalue weighted by Crippen LogP contribution is 2.65. The Balaban J connectivity index is 1.71. The summed E-state index contributed by atoms with van der Waals surface area (Å²) in [6.45, 7) is 5.42. The first-order valence-corrected chi connectivity index (χ1v) is 10.0. The van der Waals surface area contributed by atoms with Gasteiger partial charge in [0.25, 0.3) is 0 Å². The molecule has 0 radical (unpaired) electrons. The number of fused-ring (bicyclic) bond motifs is 5. The van der Waals surface area contributed by atoms with Crippen LogP contribution in [0.5, 0.6) is 0 Å². The highest BCUT2D eigenvalue weighted by molar-refractivity contribution is 6.01. The van der Waals surface area contributed by atoms with E-state index in [1.165, 1.54) is 5.57 Å². The van der Waals surface area contributed by atoms with Crippen LogP contribution in [0, 0.1) is 34.5 Å². The molecule has 0 spiro atoms. The van der Waals surface area contributed by atoms with Crippen LogP contribution in [0.2, 0.25) is 0 Å². The van der Waals surface area contributed by atoms with E-state index in [0.29, 0.717) is 23.7 Å². The fourth-order valence-electron chi connectivity index (χ4n) is 6.93. The third kappa shape index (κ3) is 2.49. The summed E-state index contributed by atoms with van der Waals surface area (Å²) in [6.07, 6.45) is 12.3. The van der Waals surface area contributed by atoms with Gasteiger partial charge in [-0.25, -0.2) is 0 Å². The van der Waals surface area contributed by atoms with Gasteiger partial charge >= 0.3 is 0 Å². The third-order valence-electron chi connectivity index (χ3n) is 8.34. The van der Waals surface area contributed by atoms with Gasteiger partial charge in [-0.05, 0) is 79.8 Å². The molecule has 0 heterocycles. The van der Waals surface area contributed by atoms with E-state index in [9.17, 15) is 9.90 Å². The van der Waals surface area contributed by atoms with Crippen LogP contribution in [-0.2, 0) is 9.53 Å². The van der Waals surface area contributed by atoms with E-state index in [4.69, 9.17) is 4.74 Å². The molecule has 1 N–H and O–H groups in total. The van der Waals surface area contributed by atoms with Crippen molar-refractivity contribution in [3.05, 3.63) is 23.8 Å². The van der Waals surface area contributed by atoms with Gasteiger partial charge in [0.1, 0.15) is 0 Å². The molecule has 0 aromatic carbocycles. The number of aliphatic hydroxyl groups excluding tert-OH is 1. The van der Waals surface area contributed by atoms with Crippen molar-refractivity contribution in [3.8, 4) is 0 Å². The molecule has 0 bridgehead atoms. The number of hydrogen-bond acceptors (Lipinski definition) is 3. The lowest BCUT2D eigenvalue weighted by molar-refractivity contribution is -0.111. The second-order valence-electron chi connectivity index (χ2n) is 9.35. The molecule has 0 saturated heterocycles. The fraction of sp³-hybridized carbons (Fsp3) is 0.773. The van der Waals surface area contributed by atoms with Crippen molar-refractivity contribution in [2.75, 3.05) is 13.7 Å². The summed E-state index contributed by atoms with van der Waals surface area (Å²) in [5, 5.41) is 10.6. The van der Waals surface area contributed by atoms with Crippen LogP contribution >= 0.6 is 0 Å². The highest BCUT2D eigenvalue weighted by Gasteiger charge is 2.59. The second kappa shape index (κ2) is 6.06. The first-order chi connectivity index (χ1) is 11.9. The minimum Gasteiger partial charge on any atom is -0.393 e. The Morgan fingerprint density at radius 1 is 1.24 bits per heavy atom. The number of carbonyl (C=O) groups excluding carboxylic acids is 1. The fourth-order valence-corrected chi connectivity index (χ4v) is 6.93. The van der Waals surface area contributed by atoms with Crippen LogP contribution in [0.4, 0.5) is 0 Å². The molecule has 4 aliphatic carbocycles. The number of ketones is 1. The summed E-state index contributed by atoms with van der Waals surface area (Å²) in [4.78, 5) is 12.1. The average molecular weight is 344 g/mol. The van der Waals surface area contributed by atoms with E-state index in [1.807, 2.05) is 6.08 Å². The molecule has 25 heavy (non-hydrogen) atoms. The Bertz CT molecular complexity index is 621. The van der Waals surface area contributed by atoms with Gasteiger partial charge in [-0.2, -0.15) is 0 Å². The monoisotopic (exact) mass is 344 g/mol. The Morgan fingerprint density at radius 2 is 2.04 bits per heavy atom. The van der Waals surface area contributed by atoms with Crippen molar-refractivity contribution < 1.29 is 14.6 Å². The Morgan fingerprint density at radius 3 is 2.80 bits per heavy atom. The van der Waals surface area contributed by atoms with Gasteiger partial charge in [0.15, 0.2) is 5.78 Å². The van der Waals surface area contributed by atoms with Gasteiger partial charge in [0.2, 0.25) is 0 Å². The molecule has 3 saturated carbocycles. The summed E-state index contributed by atoms with van der Waals surface area (Å²) in [6, 6.07) is 0.